The van der Waals surface area contributed by atoms with E-state index in [1.165, 1.54) is 6.42 Å². The minimum absolute atomic E-state index is 0.0877. The van der Waals surface area contributed by atoms with E-state index >= 15 is 0 Å². The van der Waals surface area contributed by atoms with Crippen molar-refractivity contribution in [3.05, 3.63) is 72.1 Å². The average Bonchev–Trinajstić information content (AvgIpc) is 3.49. The van der Waals surface area contributed by atoms with Crippen LogP contribution >= 0.6 is 0 Å². The Morgan fingerprint density at radius 2 is 1.82 bits per heavy atom. The van der Waals surface area contributed by atoms with Crippen LogP contribution in [0.2, 0.25) is 0 Å². The number of fused-ring (bicyclic) bond motifs is 1. The fourth-order valence-electron chi connectivity index (χ4n) is 5.28. The van der Waals surface area contributed by atoms with Gasteiger partial charge in [-0.2, -0.15) is 0 Å². The Morgan fingerprint density at radius 1 is 1.06 bits per heavy atom. The lowest BCUT2D eigenvalue weighted by molar-refractivity contribution is -0.134. The summed E-state index contributed by atoms with van der Waals surface area (Å²) in [5.74, 6) is 0.899. The lowest BCUT2D eigenvalue weighted by Crippen LogP contribution is -2.65. The summed E-state index contributed by atoms with van der Waals surface area (Å²) in [6.07, 6.45) is 6.07. The minimum Gasteiger partial charge on any atom is -0.463 e. The molecule has 1 aliphatic heterocycles. The molecule has 3 atom stereocenters. The number of amides is 2. The molecule has 1 saturated carbocycles. The molecular formula is C27H31N3O3. The predicted octanol–water partition coefficient (Wildman–Crippen LogP) is 4.86. The van der Waals surface area contributed by atoms with Crippen LogP contribution < -0.4 is 5.32 Å². The first-order chi connectivity index (χ1) is 16.0. The maximum atomic E-state index is 13.9. The average molecular weight is 446 g/mol. The van der Waals surface area contributed by atoms with E-state index in [0.717, 1.165) is 30.5 Å². The second-order valence-corrected chi connectivity index (χ2v) is 9.66. The van der Waals surface area contributed by atoms with Crippen molar-refractivity contribution in [2.75, 3.05) is 0 Å². The molecule has 6 nitrogen and oxygen atoms in total. The number of aromatic nitrogens is 1. The molecule has 0 unspecified atom stereocenters. The summed E-state index contributed by atoms with van der Waals surface area (Å²) in [6.45, 7) is 4.85. The lowest BCUT2D eigenvalue weighted by atomic mass is 9.85. The first kappa shape index (κ1) is 21.6. The SMILES string of the molecule is C[C@@H]1CCCC[C@H]1NC(=O)[C@@]1(C)Cn2c(ccc2-c2ccco2)C(=O)N1Cc1ccccc1. The number of benzene rings is 1. The molecule has 33 heavy (non-hydrogen) atoms. The molecule has 3 aromatic rings. The van der Waals surface area contributed by atoms with Gasteiger partial charge in [0, 0.05) is 12.6 Å². The summed E-state index contributed by atoms with van der Waals surface area (Å²) in [7, 11) is 0. The maximum Gasteiger partial charge on any atom is 0.271 e. The van der Waals surface area contributed by atoms with E-state index in [1.807, 2.05) is 66.1 Å². The number of carbonyl (C=O) groups excluding carboxylic acids is 2. The maximum absolute atomic E-state index is 13.9. The number of nitrogens with zero attached hydrogens (tertiary/aromatic N) is 2. The van der Waals surface area contributed by atoms with Gasteiger partial charge in [-0.15, -0.1) is 0 Å². The van der Waals surface area contributed by atoms with Gasteiger partial charge in [-0.05, 0) is 55.5 Å². The van der Waals surface area contributed by atoms with Gasteiger partial charge < -0.3 is 19.2 Å². The standard InChI is InChI=1S/C27H31N3O3/c1-19-9-6-7-12-21(19)28-26(32)27(2)18-29-22(24-13-8-16-33-24)14-15-23(29)25(31)30(27)17-20-10-4-3-5-11-20/h3-5,8,10-11,13-16,19,21H,6-7,9,12,17-18H2,1-2H3,(H,28,32)/t19-,21-,27-/m1/s1. The van der Waals surface area contributed by atoms with Crippen molar-refractivity contribution in [1.82, 2.24) is 14.8 Å². The van der Waals surface area contributed by atoms with Gasteiger partial charge in [0.15, 0.2) is 0 Å². The van der Waals surface area contributed by atoms with Crippen molar-refractivity contribution < 1.29 is 14.0 Å². The molecule has 5 rings (SSSR count). The normalized spacial score (nSPS) is 25.0. The zero-order valence-electron chi connectivity index (χ0n) is 19.3. The Bertz CT molecular complexity index is 1130. The van der Waals surface area contributed by atoms with Gasteiger partial charge >= 0.3 is 0 Å². The topological polar surface area (TPSA) is 67.5 Å². The van der Waals surface area contributed by atoms with Crippen LogP contribution in [0.5, 0.6) is 0 Å². The molecule has 1 aromatic carbocycles. The molecule has 2 aromatic heterocycles. The van der Waals surface area contributed by atoms with Crippen molar-refractivity contribution in [1.29, 1.82) is 0 Å². The van der Waals surface area contributed by atoms with Gasteiger partial charge in [0.25, 0.3) is 5.91 Å². The number of rotatable bonds is 5. The summed E-state index contributed by atoms with van der Waals surface area (Å²) in [6, 6.07) is 17.5. The molecule has 2 aliphatic rings. The molecule has 0 saturated heterocycles. The number of carbonyl (C=O) groups is 2. The quantitative estimate of drug-likeness (QED) is 0.610. The van der Waals surface area contributed by atoms with Gasteiger partial charge in [-0.25, -0.2) is 0 Å². The van der Waals surface area contributed by atoms with Crippen LogP contribution in [0.1, 0.15) is 55.6 Å². The molecule has 1 fully saturated rings. The Morgan fingerprint density at radius 3 is 2.55 bits per heavy atom. The highest BCUT2D eigenvalue weighted by Crippen LogP contribution is 2.35. The second-order valence-electron chi connectivity index (χ2n) is 9.66. The summed E-state index contributed by atoms with van der Waals surface area (Å²) in [5, 5.41) is 3.32. The summed E-state index contributed by atoms with van der Waals surface area (Å²) < 4.78 is 7.56. The number of furan rings is 1. The molecule has 172 valence electrons. The molecule has 6 heteroatoms. The molecule has 1 aliphatic carbocycles. The van der Waals surface area contributed by atoms with E-state index in [4.69, 9.17) is 4.42 Å². The van der Waals surface area contributed by atoms with Crippen molar-refractivity contribution in [2.45, 2.75) is 64.2 Å². The zero-order chi connectivity index (χ0) is 23.0. The highest BCUT2D eigenvalue weighted by Gasteiger charge is 2.48. The number of nitrogens with one attached hydrogen (secondary N) is 1. The number of hydrogen-bond donors (Lipinski definition) is 1. The van der Waals surface area contributed by atoms with Crippen LogP contribution in [0.4, 0.5) is 0 Å². The van der Waals surface area contributed by atoms with Gasteiger partial charge in [0.05, 0.1) is 18.5 Å². The van der Waals surface area contributed by atoms with Gasteiger partial charge in [0.2, 0.25) is 5.91 Å². The van der Waals surface area contributed by atoms with Crippen molar-refractivity contribution in [2.24, 2.45) is 5.92 Å². The van der Waals surface area contributed by atoms with Gasteiger partial charge in [-0.3, -0.25) is 9.59 Å². The molecule has 0 spiro atoms. The minimum atomic E-state index is -1.03. The molecule has 0 bridgehead atoms. The Balaban J connectivity index is 1.53. The zero-order valence-corrected chi connectivity index (χ0v) is 19.3. The predicted molar refractivity (Wildman–Crippen MR) is 126 cm³/mol. The van der Waals surface area contributed by atoms with Crippen molar-refractivity contribution in [3.63, 3.8) is 0 Å². The summed E-state index contributed by atoms with van der Waals surface area (Å²) in [4.78, 5) is 29.4. The molecule has 1 N–H and O–H groups in total. The molecular weight excluding hydrogens is 414 g/mol. The van der Waals surface area contributed by atoms with E-state index in [2.05, 4.69) is 12.2 Å². The third-order valence-corrected chi connectivity index (χ3v) is 7.38. The van der Waals surface area contributed by atoms with E-state index < -0.39 is 5.54 Å². The molecule has 3 heterocycles. The van der Waals surface area contributed by atoms with E-state index in [9.17, 15) is 9.59 Å². The fourth-order valence-corrected chi connectivity index (χ4v) is 5.28. The van der Waals surface area contributed by atoms with E-state index in [0.29, 0.717) is 30.5 Å². The van der Waals surface area contributed by atoms with Gasteiger partial charge in [-0.1, -0.05) is 50.1 Å². The molecule has 0 radical (unpaired) electrons. The highest BCUT2D eigenvalue weighted by molar-refractivity contribution is 6.00. The van der Waals surface area contributed by atoms with Gasteiger partial charge in [0.1, 0.15) is 17.0 Å². The van der Waals surface area contributed by atoms with Crippen molar-refractivity contribution in [3.8, 4) is 11.5 Å². The third-order valence-electron chi connectivity index (χ3n) is 7.38. The first-order valence-electron chi connectivity index (χ1n) is 11.9. The second kappa shape index (κ2) is 8.58. The van der Waals surface area contributed by atoms with Crippen molar-refractivity contribution >= 4 is 11.8 Å². The summed E-state index contributed by atoms with van der Waals surface area (Å²) in [5.41, 5.74) is 1.36. The van der Waals surface area contributed by atoms with Crippen LogP contribution in [-0.4, -0.2) is 32.9 Å². The first-order valence-corrected chi connectivity index (χ1v) is 11.9. The van der Waals surface area contributed by atoms with Crippen LogP contribution in [0, 0.1) is 5.92 Å². The monoisotopic (exact) mass is 445 g/mol. The largest absolute Gasteiger partial charge is 0.463 e. The summed E-state index contributed by atoms with van der Waals surface area (Å²) >= 11 is 0. The fraction of sp³-hybridized carbons (Fsp3) is 0.407. The lowest BCUT2D eigenvalue weighted by Gasteiger charge is -2.45. The van der Waals surface area contributed by atoms with E-state index in [-0.39, 0.29) is 17.9 Å². The van der Waals surface area contributed by atoms with Crippen LogP contribution in [0.3, 0.4) is 0 Å². The Kier molecular flexibility index (Phi) is 5.60. The third kappa shape index (κ3) is 3.88. The number of hydrogen-bond acceptors (Lipinski definition) is 3. The van der Waals surface area contributed by atoms with Crippen LogP contribution in [0.25, 0.3) is 11.5 Å². The smallest absolute Gasteiger partial charge is 0.271 e. The van der Waals surface area contributed by atoms with Crippen LogP contribution in [0.15, 0.2) is 65.3 Å². The van der Waals surface area contributed by atoms with E-state index in [1.54, 1.807) is 11.2 Å². The Hall–Kier alpha value is -3.28. The van der Waals surface area contributed by atoms with Crippen LogP contribution in [-0.2, 0) is 17.9 Å². The highest BCUT2D eigenvalue weighted by atomic mass is 16.3. The Labute approximate surface area is 194 Å². The molecule has 2 amide bonds.